The molecule has 0 heterocycles. The molecule has 5 heteroatoms. The highest BCUT2D eigenvalue weighted by molar-refractivity contribution is 7.80. The summed E-state index contributed by atoms with van der Waals surface area (Å²) in [7, 11) is 0. The number of anilines is 1. The smallest absolute Gasteiger partial charge is 0.257 e. The van der Waals surface area contributed by atoms with Gasteiger partial charge in [-0.3, -0.25) is 10.1 Å². The quantitative estimate of drug-likeness (QED) is 0.551. The number of amides is 1. The standard InChI is InChI=1S/C22H22N2O2S/c1-22(2,3)16-9-7-14(8-10-16)20(26)24-21(27)23-19-6-4-5-15-13-17(25)11-12-18(15)19/h4-13,25H,1-3H3,(H2,23,24,26,27). The van der Waals surface area contributed by atoms with Gasteiger partial charge in [-0.05, 0) is 65.0 Å². The first kappa shape index (κ1) is 18.9. The van der Waals surface area contributed by atoms with E-state index in [0.29, 0.717) is 5.56 Å². The largest absolute Gasteiger partial charge is 0.508 e. The summed E-state index contributed by atoms with van der Waals surface area (Å²) in [5.41, 5.74) is 2.52. The molecule has 0 spiro atoms. The van der Waals surface area contributed by atoms with E-state index in [1.807, 2.05) is 36.4 Å². The first-order valence-corrected chi connectivity index (χ1v) is 9.09. The maximum absolute atomic E-state index is 12.4. The van der Waals surface area contributed by atoms with Crippen molar-refractivity contribution in [2.75, 3.05) is 5.32 Å². The third-order valence-corrected chi connectivity index (χ3v) is 4.56. The summed E-state index contributed by atoms with van der Waals surface area (Å²) >= 11 is 5.29. The average molecular weight is 378 g/mol. The van der Waals surface area contributed by atoms with E-state index in [0.717, 1.165) is 16.5 Å². The number of aromatic hydroxyl groups is 1. The average Bonchev–Trinajstić information content (AvgIpc) is 2.61. The molecule has 1 amide bonds. The van der Waals surface area contributed by atoms with Crippen LogP contribution in [-0.2, 0) is 5.41 Å². The number of rotatable bonds is 2. The van der Waals surface area contributed by atoms with Crippen LogP contribution >= 0.6 is 12.2 Å². The van der Waals surface area contributed by atoms with Gasteiger partial charge >= 0.3 is 0 Å². The molecule has 0 saturated heterocycles. The van der Waals surface area contributed by atoms with Crippen LogP contribution in [0.2, 0.25) is 0 Å². The molecule has 4 nitrogen and oxygen atoms in total. The second kappa shape index (κ2) is 7.37. The third kappa shape index (κ3) is 4.44. The Labute approximate surface area is 164 Å². The highest BCUT2D eigenvalue weighted by Gasteiger charge is 2.15. The molecule has 3 rings (SSSR count). The lowest BCUT2D eigenvalue weighted by molar-refractivity contribution is 0.0977. The molecule has 0 bridgehead atoms. The highest BCUT2D eigenvalue weighted by Crippen LogP contribution is 2.26. The van der Waals surface area contributed by atoms with Crippen LogP contribution in [0.1, 0.15) is 36.7 Å². The molecule has 0 saturated carbocycles. The van der Waals surface area contributed by atoms with E-state index in [-0.39, 0.29) is 22.2 Å². The number of nitrogens with one attached hydrogen (secondary N) is 2. The summed E-state index contributed by atoms with van der Waals surface area (Å²) in [5.74, 6) is -0.0555. The van der Waals surface area contributed by atoms with Crippen LogP contribution < -0.4 is 10.6 Å². The van der Waals surface area contributed by atoms with Crippen molar-refractivity contribution in [1.82, 2.24) is 5.32 Å². The fourth-order valence-electron chi connectivity index (χ4n) is 2.83. The van der Waals surface area contributed by atoms with Crippen LogP contribution in [0, 0.1) is 0 Å². The monoisotopic (exact) mass is 378 g/mol. The van der Waals surface area contributed by atoms with Crippen molar-refractivity contribution in [2.45, 2.75) is 26.2 Å². The van der Waals surface area contributed by atoms with Crippen LogP contribution in [0.3, 0.4) is 0 Å². The number of fused-ring (bicyclic) bond motifs is 1. The molecule has 0 aliphatic heterocycles. The summed E-state index contributed by atoms with van der Waals surface area (Å²) in [6, 6.07) is 18.3. The van der Waals surface area contributed by atoms with Crippen molar-refractivity contribution < 1.29 is 9.90 Å². The Morgan fingerprint density at radius 2 is 1.70 bits per heavy atom. The Balaban J connectivity index is 1.72. The summed E-state index contributed by atoms with van der Waals surface area (Å²) < 4.78 is 0. The Morgan fingerprint density at radius 1 is 1.00 bits per heavy atom. The molecule has 0 unspecified atom stereocenters. The topological polar surface area (TPSA) is 61.4 Å². The zero-order valence-electron chi connectivity index (χ0n) is 15.5. The molecular weight excluding hydrogens is 356 g/mol. The van der Waals surface area contributed by atoms with Crippen LogP contribution in [0.15, 0.2) is 60.7 Å². The predicted octanol–water partition coefficient (Wildman–Crippen LogP) is 4.97. The summed E-state index contributed by atoms with van der Waals surface area (Å²) in [4.78, 5) is 12.4. The zero-order chi connectivity index (χ0) is 19.6. The van der Waals surface area contributed by atoms with Gasteiger partial charge < -0.3 is 10.4 Å². The fraction of sp³-hybridized carbons (Fsp3) is 0.182. The van der Waals surface area contributed by atoms with Crippen molar-refractivity contribution in [2.24, 2.45) is 0 Å². The van der Waals surface area contributed by atoms with E-state index >= 15 is 0 Å². The van der Waals surface area contributed by atoms with Gasteiger partial charge in [0.2, 0.25) is 0 Å². The van der Waals surface area contributed by atoms with E-state index in [1.54, 1.807) is 24.3 Å². The van der Waals surface area contributed by atoms with Crippen LogP contribution in [0.5, 0.6) is 5.75 Å². The lowest BCUT2D eigenvalue weighted by Gasteiger charge is -2.19. The maximum atomic E-state index is 12.4. The van der Waals surface area contributed by atoms with Crippen molar-refractivity contribution >= 4 is 39.7 Å². The number of thiocarbonyl (C=S) groups is 1. The van der Waals surface area contributed by atoms with Gasteiger partial charge in [0.15, 0.2) is 5.11 Å². The minimum atomic E-state index is -0.258. The van der Waals surface area contributed by atoms with Crippen LogP contribution in [-0.4, -0.2) is 16.1 Å². The summed E-state index contributed by atoms with van der Waals surface area (Å²) in [5, 5.41) is 17.4. The molecule has 3 aromatic rings. The van der Waals surface area contributed by atoms with Gasteiger partial charge in [-0.1, -0.05) is 45.0 Å². The number of carbonyl (C=O) groups is 1. The zero-order valence-corrected chi connectivity index (χ0v) is 16.4. The van der Waals surface area contributed by atoms with E-state index < -0.39 is 0 Å². The first-order valence-electron chi connectivity index (χ1n) is 8.69. The molecule has 3 N–H and O–H groups in total. The second-order valence-corrected chi connectivity index (χ2v) is 7.85. The molecule has 27 heavy (non-hydrogen) atoms. The van der Waals surface area contributed by atoms with Gasteiger partial charge in [-0.2, -0.15) is 0 Å². The highest BCUT2D eigenvalue weighted by atomic mass is 32.1. The minimum Gasteiger partial charge on any atom is -0.508 e. The molecule has 0 fully saturated rings. The molecular formula is C22H22N2O2S. The minimum absolute atomic E-state index is 0.0364. The van der Waals surface area contributed by atoms with E-state index in [2.05, 4.69) is 31.4 Å². The Bertz CT molecular complexity index is 1000. The lowest BCUT2D eigenvalue weighted by atomic mass is 9.87. The molecule has 138 valence electrons. The maximum Gasteiger partial charge on any atom is 0.257 e. The van der Waals surface area contributed by atoms with Gasteiger partial charge in [-0.25, -0.2) is 0 Å². The normalized spacial score (nSPS) is 11.2. The molecule has 0 aliphatic rings. The molecule has 0 aliphatic carbocycles. The number of phenols is 1. The number of benzene rings is 3. The lowest BCUT2D eigenvalue weighted by Crippen LogP contribution is -2.34. The van der Waals surface area contributed by atoms with Gasteiger partial charge in [0.1, 0.15) is 5.75 Å². The molecule has 0 radical (unpaired) electrons. The molecule has 3 aromatic carbocycles. The number of hydrogen-bond donors (Lipinski definition) is 3. The van der Waals surface area contributed by atoms with Gasteiger partial charge in [0.25, 0.3) is 5.91 Å². The number of carbonyl (C=O) groups excluding carboxylic acids is 1. The van der Waals surface area contributed by atoms with Gasteiger partial charge in [0.05, 0.1) is 0 Å². The van der Waals surface area contributed by atoms with Gasteiger partial charge in [-0.15, -0.1) is 0 Å². The molecule has 0 atom stereocenters. The fourth-order valence-corrected chi connectivity index (χ4v) is 3.03. The van der Waals surface area contributed by atoms with Crippen molar-refractivity contribution in [3.63, 3.8) is 0 Å². The van der Waals surface area contributed by atoms with E-state index in [9.17, 15) is 9.90 Å². The first-order chi connectivity index (χ1) is 12.7. The van der Waals surface area contributed by atoms with E-state index in [1.165, 1.54) is 5.56 Å². The summed E-state index contributed by atoms with van der Waals surface area (Å²) in [6.45, 7) is 6.39. The van der Waals surface area contributed by atoms with E-state index in [4.69, 9.17) is 12.2 Å². The van der Waals surface area contributed by atoms with Crippen LogP contribution in [0.25, 0.3) is 10.8 Å². The van der Waals surface area contributed by atoms with Crippen molar-refractivity contribution in [3.05, 3.63) is 71.8 Å². The van der Waals surface area contributed by atoms with Crippen molar-refractivity contribution in [3.8, 4) is 5.75 Å². The van der Waals surface area contributed by atoms with Crippen molar-refractivity contribution in [1.29, 1.82) is 0 Å². The van der Waals surface area contributed by atoms with Crippen LogP contribution in [0.4, 0.5) is 5.69 Å². The third-order valence-electron chi connectivity index (χ3n) is 4.35. The second-order valence-electron chi connectivity index (χ2n) is 7.45. The number of hydrogen-bond acceptors (Lipinski definition) is 3. The number of phenolic OH excluding ortho intramolecular Hbond substituents is 1. The SMILES string of the molecule is CC(C)(C)c1ccc(C(=O)NC(=S)Nc2cccc3cc(O)ccc23)cc1. The Morgan fingerprint density at radius 3 is 2.37 bits per heavy atom. The Kier molecular flexibility index (Phi) is 5.15. The van der Waals surface area contributed by atoms with Gasteiger partial charge in [0, 0.05) is 16.6 Å². The Hall–Kier alpha value is -2.92. The summed E-state index contributed by atoms with van der Waals surface area (Å²) in [6.07, 6.45) is 0. The molecule has 0 aromatic heterocycles. The predicted molar refractivity (Wildman–Crippen MR) is 114 cm³/mol.